The molecule has 11 heteroatoms. The average molecular weight is 460 g/mol. The first-order valence-corrected chi connectivity index (χ1v) is 11.6. The highest BCUT2D eigenvalue weighted by atomic mass is 32.2. The molecule has 2 aromatic heterocycles. The van der Waals surface area contributed by atoms with Crippen molar-refractivity contribution in [3.8, 4) is 23.5 Å². The fourth-order valence-corrected chi connectivity index (χ4v) is 4.99. The zero-order valence-electron chi connectivity index (χ0n) is 16.4. The predicted molar refractivity (Wildman–Crippen MR) is 114 cm³/mol. The maximum absolute atomic E-state index is 12.6. The Labute approximate surface area is 181 Å². The van der Waals surface area contributed by atoms with Gasteiger partial charge in [-0.15, -0.1) is 11.3 Å². The van der Waals surface area contributed by atoms with Crippen LogP contribution in [0.5, 0.6) is 11.6 Å². The molecular formula is C20H17N3O6S2. The van der Waals surface area contributed by atoms with Crippen LogP contribution in [0, 0.1) is 11.8 Å². The van der Waals surface area contributed by atoms with Crippen LogP contribution in [-0.2, 0) is 21.2 Å². The van der Waals surface area contributed by atoms with E-state index in [4.69, 9.17) is 4.74 Å². The van der Waals surface area contributed by atoms with Crippen LogP contribution in [0.15, 0.2) is 40.7 Å². The van der Waals surface area contributed by atoms with E-state index in [2.05, 4.69) is 22.5 Å². The molecule has 160 valence electrons. The second-order valence-corrected chi connectivity index (χ2v) is 10.3. The summed E-state index contributed by atoms with van der Waals surface area (Å²) in [6.45, 7) is -0.162. The van der Waals surface area contributed by atoms with Gasteiger partial charge in [0, 0.05) is 23.2 Å². The molecule has 4 rings (SSSR count). The molecule has 0 radical (unpaired) electrons. The fourth-order valence-electron chi connectivity index (χ4n) is 3.21. The van der Waals surface area contributed by atoms with Gasteiger partial charge >= 0.3 is 6.03 Å². The van der Waals surface area contributed by atoms with E-state index in [9.17, 15) is 23.1 Å². The number of carbonyl (C=O) groups excluding carboxylic acids is 2. The Balaban J connectivity index is 1.74. The number of aromatic hydroxyl groups is 1. The molecule has 1 saturated heterocycles. The van der Waals surface area contributed by atoms with Crippen LogP contribution in [-0.4, -0.2) is 48.9 Å². The van der Waals surface area contributed by atoms with E-state index < -0.39 is 27.3 Å². The van der Waals surface area contributed by atoms with Gasteiger partial charge in [-0.25, -0.2) is 13.2 Å². The summed E-state index contributed by atoms with van der Waals surface area (Å²) in [5.74, 6) is 5.32. The molecule has 1 atom stereocenters. The summed E-state index contributed by atoms with van der Waals surface area (Å²) >= 11 is 0.965. The molecule has 0 spiro atoms. The van der Waals surface area contributed by atoms with Crippen molar-refractivity contribution < 1.29 is 27.9 Å². The van der Waals surface area contributed by atoms with E-state index in [-0.39, 0.29) is 16.6 Å². The third-order valence-corrected chi connectivity index (χ3v) is 7.58. The summed E-state index contributed by atoms with van der Waals surface area (Å²) in [6.07, 6.45) is 2.73. The van der Waals surface area contributed by atoms with E-state index in [0.29, 0.717) is 21.4 Å². The normalized spacial score (nSPS) is 18.4. The topological polar surface area (TPSA) is 127 Å². The molecule has 3 aromatic rings. The number of amides is 3. The van der Waals surface area contributed by atoms with Crippen LogP contribution in [0.3, 0.4) is 0 Å². The second-order valence-electron chi connectivity index (χ2n) is 6.99. The summed E-state index contributed by atoms with van der Waals surface area (Å²) in [5, 5.41) is 16.6. The lowest BCUT2D eigenvalue weighted by Crippen LogP contribution is -2.49. The maximum Gasteiger partial charge on any atom is 0.323 e. The van der Waals surface area contributed by atoms with E-state index in [1.165, 1.54) is 23.8 Å². The molecule has 1 aromatic carbocycles. The molecule has 0 saturated carbocycles. The smallest absolute Gasteiger partial charge is 0.323 e. The van der Waals surface area contributed by atoms with Gasteiger partial charge in [-0.05, 0) is 30.3 Å². The van der Waals surface area contributed by atoms with Crippen molar-refractivity contribution in [3.63, 3.8) is 0 Å². The number of urea groups is 1. The molecule has 9 nitrogen and oxygen atoms in total. The van der Waals surface area contributed by atoms with Crippen LogP contribution >= 0.6 is 11.3 Å². The first-order valence-electron chi connectivity index (χ1n) is 8.94. The molecule has 1 fully saturated rings. The number of imide groups is 1. The van der Waals surface area contributed by atoms with Gasteiger partial charge in [-0.1, -0.05) is 11.8 Å². The van der Waals surface area contributed by atoms with Crippen LogP contribution < -0.4 is 15.4 Å². The van der Waals surface area contributed by atoms with Crippen LogP contribution in [0.2, 0.25) is 0 Å². The summed E-state index contributed by atoms with van der Waals surface area (Å²) in [4.78, 5) is 24.9. The summed E-state index contributed by atoms with van der Waals surface area (Å²) < 4.78 is 30.1. The van der Waals surface area contributed by atoms with Gasteiger partial charge in [0.1, 0.15) is 9.96 Å². The van der Waals surface area contributed by atoms with Crippen molar-refractivity contribution >= 4 is 43.9 Å². The molecule has 1 aliphatic rings. The first kappa shape index (κ1) is 20.8. The average Bonchev–Trinajstić information content (AvgIpc) is 3.38. The SMILES string of the molecule is COc1ccc2cn(C[C@@]3(C#Cc4ccc(S(C)(=O)=O)s4)NC(=O)NC3=O)c(O)c2c1. The highest BCUT2D eigenvalue weighted by molar-refractivity contribution is 7.92. The fraction of sp³-hybridized carbons (Fsp3) is 0.200. The Kier molecular flexibility index (Phi) is 4.91. The molecule has 3 heterocycles. The minimum atomic E-state index is -3.37. The monoisotopic (exact) mass is 459 g/mol. The van der Waals surface area contributed by atoms with Gasteiger partial charge in [0.25, 0.3) is 5.91 Å². The summed E-state index contributed by atoms with van der Waals surface area (Å²) in [5.41, 5.74) is -1.65. The van der Waals surface area contributed by atoms with E-state index in [1.54, 1.807) is 24.4 Å². The van der Waals surface area contributed by atoms with Crippen LogP contribution in [0.4, 0.5) is 4.79 Å². The Morgan fingerprint density at radius 2 is 2.03 bits per heavy atom. The number of hydrogen-bond acceptors (Lipinski definition) is 7. The predicted octanol–water partition coefficient (Wildman–Crippen LogP) is 1.45. The number of sulfone groups is 1. The van der Waals surface area contributed by atoms with Crippen molar-refractivity contribution in [1.82, 2.24) is 15.2 Å². The van der Waals surface area contributed by atoms with Crippen molar-refractivity contribution in [3.05, 3.63) is 41.4 Å². The van der Waals surface area contributed by atoms with E-state index in [1.807, 2.05) is 0 Å². The lowest BCUT2D eigenvalue weighted by molar-refractivity contribution is -0.122. The van der Waals surface area contributed by atoms with Gasteiger partial charge in [0.15, 0.2) is 15.7 Å². The number of carbonyl (C=O) groups is 2. The van der Waals surface area contributed by atoms with E-state index in [0.717, 1.165) is 17.6 Å². The van der Waals surface area contributed by atoms with Gasteiger partial charge in [-0.2, -0.15) is 0 Å². The molecule has 0 bridgehead atoms. The maximum atomic E-state index is 12.6. The summed E-state index contributed by atoms with van der Waals surface area (Å²) in [7, 11) is -1.86. The zero-order valence-corrected chi connectivity index (χ0v) is 18.1. The number of nitrogens with zero attached hydrogens (tertiary/aromatic N) is 1. The largest absolute Gasteiger partial charge is 0.497 e. The number of fused-ring (bicyclic) bond motifs is 1. The molecule has 3 N–H and O–H groups in total. The third-order valence-electron chi connectivity index (χ3n) is 4.76. The molecule has 31 heavy (non-hydrogen) atoms. The standard InChI is InChI=1S/C20H17N3O6S2/c1-29-13-4-3-12-10-23(17(24)15(12)9-13)11-20(18(25)21-19(26)22-20)8-7-14-5-6-16(30-14)31(2,27)28/h3-6,9-10,24H,11H2,1-2H3,(H2,21,22,25,26)/t20-/m1/s1. The molecule has 3 amide bonds. The molecule has 1 aliphatic heterocycles. The lowest BCUT2D eigenvalue weighted by atomic mass is 10.0. The van der Waals surface area contributed by atoms with E-state index >= 15 is 0 Å². The Morgan fingerprint density at radius 1 is 1.26 bits per heavy atom. The number of benzene rings is 1. The minimum Gasteiger partial charge on any atom is -0.497 e. The highest BCUT2D eigenvalue weighted by Gasteiger charge is 2.46. The number of rotatable bonds is 4. The third kappa shape index (κ3) is 3.83. The number of aromatic nitrogens is 1. The van der Waals surface area contributed by atoms with Gasteiger partial charge < -0.3 is 19.7 Å². The lowest BCUT2D eigenvalue weighted by Gasteiger charge is -2.20. The van der Waals surface area contributed by atoms with Gasteiger partial charge in [0.2, 0.25) is 5.54 Å². The highest BCUT2D eigenvalue weighted by Crippen LogP contribution is 2.32. The number of methoxy groups -OCH3 is 1. The quantitative estimate of drug-likeness (QED) is 0.400. The second kappa shape index (κ2) is 7.33. The van der Waals surface area contributed by atoms with Gasteiger partial charge in [-0.3, -0.25) is 10.1 Å². The number of thiophene rings is 1. The number of nitrogens with one attached hydrogen (secondary N) is 2. The Bertz CT molecular complexity index is 1390. The summed E-state index contributed by atoms with van der Waals surface area (Å²) in [6, 6.07) is 7.41. The molecule has 0 unspecified atom stereocenters. The Hall–Kier alpha value is -3.49. The Morgan fingerprint density at radius 3 is 2.65 bits per heavy atom. The zero-order chi connectivity index (χ0) is 22.4. The van der Waals surface area contributed by atoms with Crippen LogP contribution in [0.25, 0.3) is 10.8 Å². The van der Waals surface area contributed by atoms with Crippen LogP contribution in [0.1, 0.15) is 4.88 Å². The molecular weight excluding hydrogens is 442 g/mol. The van der Waals surface area contributed by atoms with Gasteiger partial charge in [0.05, 0.1) is 18.5 Å². The molecule has 0 aliphatic carbocycles. The van der Waals surface area contributed by atoms with Crippen molar-refractivity contribution in [2.24, 2.45) is 0 Å². The van der Waals surface area contributed by atoms with Crippen molar-refractivity contribution in [1.29, 1.82) is 0 Å². The number of ether oxygens (including phenoxy) is 1. The number of hydrogen-bond donors (Lipinski definition) is 3. The van der Waals surface area contributed by atoms with Crippen molar-refractivity contribution in [2.75, 3.05) is 13.4 Å². The van der Waals surface area contributed by atoms with Crippen molar-refractivity contribution in [2.45, 2.75) is 16.3 Å². The minimum absolute atomic E-state index is 0.112. The first-order chi connectivity index (χ1) is 14.6.